The van der Waals surface area contributed by atoms with Crippen LogP contribution in [-0.2, 0) is 16.6 Å². The molecule has 0 saturated heterocycles. The van der Waals surface area contributed by atoms with E-state index in [-0.39, 0.29) is 30.1 Å². The molecule has 1 aliphatic rings. The SMILES string of the molecule is C[C@H]1CN([C@@H](C)CO)S(=O)(=O)c2ccc(Br)cc2O[C@H]1CN(C)Cc1ccc(-c2ccccc2)cc1. The molecule has 8 heteroatoms. The molecule has 0 spiro atoms. The molecule has 4 rings (SSSR count). The van der Waals surface area contributed by atoms with E-state index in [0.717, 1.165) is 11.0 Å². The van der Waals surface area contributed by atoms with Crippen molar-refractivity contribution in [3.63, 3.8) is 0 Å². The van der Waals surface area contributed by atoms with Gasteiger partial charge in [-0.2, -0.15) is 4.31 Å². The van der Waals surface area contributed by atoms with Crippen LogP contribution in [0.1, 0.15) is 19.4 Å². The fourth-order valence-electron chi connectivity index (χ4n) is 4.53. The molecule has 0 unspecified atom stereocenters. The maximum atomic E-state index is 13.4. The van der Waals surface area contributed by atoms with Gasteiger partial charge in [-0.25, -0.2) is 8.42 Å². The normalized spacial score (nSPS) is 20.7. The van der Waals surface area contributed by atoms with Crippen LogP contribution in [0.25, 0.3) is 11.1 Å². The first-order valence-corrected chi connectivity index (χ1v) is 14.3. The molecule has 0 bridgehead atoms. The van der Waals surface area contributed by atoms with E-state index in [2.05, 4.69) is 57.2 Å². The number of aliphatic hydroxyl groups excluding tert-OH is 1. The second-order valence-corrected chi connectivity index (χ2v) is 12.4. The first-order valence-electron chi connectivity index (χ1n) is 12.1. The maximum Gasteiger partial charge on any atom is 0.247 e. The Morgan fingerprint density at radius 1 is 1.08 bits per heavy atom. The fourth-order valence-corrected chi connectivity index (χ4v) is 6.70. The number of hydrogen-bond acceptors (Lipinski definition) is 5. The van der Waals surface area contributed by atoms with Crippen LogP contribution < -0.4 is 4.74 Å². The molecule has 6 nitrogen and oxygen atoms in total. The largest absolute Gasteiger partial charge is 0.487 e. The highest BCUT2D eigenvalue weighted by Crippen LogP contribution is 2.35. The number of hydrogen-bond donors (Lipinski definition) is 1. The van der Waals surface area contributed by atoms with Gasteiger partial charge >= 0.3 is 0 Å². The van der Waals surface area contributed by atoms with E-state index in [9.17, 15) is 13.5 Å². The Hall–Kier alpha value is -2.23. The molecule has 3 aromatic carbocycles. The number of nitrogens with zero attached hydrogens (tertiary/aromatic N) is 2. The van der Waals surface area contributed by atoms with Crippen LogP contribution in [-0.4, -0.2) is 61.6 Å². The van der Waals surface area contributed by atoms with Crippen molar-refractivity contribution in [3.05, 3.63) is 82.8 Å². The highest BCUT2D eigenvalue weighted by atomic mass is 79.9. The molecule has 0 saturated carbocycles. The molecule has 192 valence electrons. The van der Waals surface area contributed by atoms with Gasteiger partial charge in [-0.15, -0.1) is 0 Å². The monoisotopic (exact) mass is 572 g/mol. The Labute approximate surface area is 222 Å². The first-order chi connectivity index (χ1) is 17.2. The minimum absolute atomic E-state index is 0.0937. The topological polar surface area (TPSA) is 70.1 Å². The maximum absolute atomic E-state index is 13.4. The van der Waals surface area contributed by atoms with Gasteiger partial charge in [0, 0.05) is 36.1 Å². The molecule has 0 amide bonds. The summed E-state index contributed by atoms with van der Waals surface area (Å²) < 4.78 is 35.4. The van der Waals surface area contributed by atoms with Gasteiger partial charge in [0.05, 0.1) is 6.61 Å². The van der Waals surface area contributed by atoms with Crippen LogP contribution in [0.5, 0.6) is 5.75 Å². The molecule has 0 radical (unpaired) electrons. The molecular formula is C28H33BrN2O4S. The van der Waals surface area contributed by atoms with Gasteiger partial charge in [0.2, 0.25) is 10.0 Å². The van der Waals surface area contributed by atoms with Gasteiger partial charge in [-0.05, 0) is 48.9 Å². The zero-order chi connectivity index (χ0) is 25.9. The molecule has 0 aromatic heterocycles. The second kappa shape index (κ2) is 11.4. The molecule has 0 fully saturated rings. The van der Waals surface area contributed by atoms with E-state index < -0.39 is 16.1 Å². The van der Waals surface area contributed by atoms with Crippen LogP contribution in [0.4, 0.5) is 0 Å². The highest BCUT2D eigenvalue weighted by molar-refractivity contribution is 9.10. The molecule has 3 aromatic rings. The second-order valence-electron chi connectivity index (χ2n) is 9.59. The summed E-state index contributed by atoms with van der Waals surface area (Å²) in [5.74, 6) is 0.237. The lowest BCUT2D eigenvalue weighted by atomic mass is 10.0. The number of ether oxygens (including phenoxy) is 1. The molecule has 0 aliphatic carbocycles. The predicted molar refractivity (Wildman–Crippen MR) is 146 cm³/mol. The minimum atomic E-state index is -3.82. The Morgan fingerprint density at radius 3 is 2.42 bits per heavy atom. The molecular weight excluding hydrogens is 540 g/mol. The van der Waals surface area contributed by atoms with Gasteiger partial charge < -0.3 is 9.84 Å². The lowest BCUT2D eigenvalue weighted by Gasteiger charge is -2.37. The Bertz CT molecular complexity index is 1270. The third kappa shape index (κ3) is 6.01. The highest BCUT2D eigenvalue weighted by Gasteiger charge is 2.38. The summed E-state index contributed by atoms with van der Waals surface area (Å²) in [4.78, 5) is 2.33. The lowest BCUT2D eigenvalue weighted by molar-refractivity contribution is 0.0733. The van der Waals surface area contributed by atoms with E-state index in [1.165, 1.54) is 21.0 Å². The van der Waals surface area contributed by atoms with E-state index in [4.69, 9.17) is 4.74 Å². The molecule has 1 heterocycles. The van der Waals surface area contributed by atoms with Crippen LogP contribution in [0.2, 0.25) is 0 Å². The van der Waals surface area contributed by atoms with Gasteiger partial charge in [0.25, 0.3) is 0 Å². The van der Waals surface area contributed by atoms with Gasteiger partial charge in [0.1, 0.15) is 16.7 Å². The van der Waals surface area contributed by atoms with Gasteiger partial charge in [-0.3, -0.25) is 4.90 Å². The van der Waals surface area contributed by atoms with Crippen LogP contribution in [0.3, 0.4) is 0 Å². The predicted octanol–water partition coefficient (Wildman–Crippen LogP) is 5.02. The number of benzene rings is 3. The zero-order valence-electron chi connectivity index (χ0n) is 20.8. The van der Waals surface area contributed by atoms with Crippen molar-refractivity contribution in [2.45, 2.75) is 37.4 Å². The number of rotatable bonds is 7. The molecule has 1 aliphatic heterocycles. The van der Waals surface area contributed by atoms with E-state index >= 15 is 0 Å². The fraction of sp³-hybridized carbons (Fsp3) is 0.357. The molecule has 3 atom stereocenters. The Morgan fingerprint density at radius 2 is 1.75 bits per heavy atom. The summed E-state index contributed by atoms with van der Waals surface area (Å²) in [5.41, 5.74) is 3.56. The molecule has 1 N–H and O–H groups in total. The summed E-state index contributed by atoms with van der Waals surface area (Å²) in [7, 11) is -1.77. The standard InChI is InChI=1S/C28H33BrN2O4S/c1-20-16-31(21(2)19-32)36(33,34)28-14-13-25(29)15-26(28)35-27(20)18-30(3)17-22-9-11-24(12-10-22)23-7-5-4-6-8-23/h4-15,20-21,27,32H,16-19H2,1-3H3/t20-,21-,27-/m0/s1. The first kappa shape index (κ1) is 26.8. The smallest absolute Gasteiger partial charge is 0.247 e. The average Bonchev–Trinajstić information content (AvgIpc) is 2.86. The number of likely N-dealkylation sites (N-methyl/N-ethyl adjacent to an activating group) is 1. The quantitative estimate of drug-likeness (QED) is 0.430. The van der Waals surface area contributed by atoms with Crippen molar-refractivity contribution in [1.82, 2.24) is 9.21 Å². The van der Waals surface area contributed by atoms with Crippen molar-refractivity contribution in [2.24, 2.45) is 5.92 Å². The summed E-state index contributed by atoms with van der Waals surface area (Å²) in [6.07, 6.45) is -0.240. The van der Waals surface area contributed by atoms with Gasteiger partial charge in [-0.1, -0.05) is 77.5 Å². The molecule has 36 heavy (non-hydrogen) atoms. The number of aliphatic hydroxyl groups is 1. The average molecular weight is 574 g/mol. The van der Waals surface area contributed by atoms with Crippen LogP contribution >= 0.6 is 15.9 Å². The third-order valence-electron chi connectivity index (χ3n) is 6.63. The summed E-state index contributed by atoms with van der Waals surface area (Å²) >= 11 is 3.44. The number of fused-ring (bicyclic) bond motifs is 1. The van der Waals surface area contributed by atoms with Crippen molar-refractivity contribution in [3.8, 4) is 16.9 Å². The minimum Gasteiger partial charge on any atom is -0.487 e. The van der Waals surface area contributed by atoms with Crippen molar-refractivity contribution >= 4 is 26.0 Å². The van der Waals surface area contributed by atoms with Gasteiger partial charge in [0.15, 0.2) is 0 Å². The zero-order valence-corrected chi connectivity index (χ0v) is 23.2. The summed E-state index contributed by atoms with van der Waals surface area (Å²) in [5, 5.41) is 9.77. The van der Waals surface area contributed by atoms with Crippen molar-refractivity contribution in [1.29, 1.82) is 0 Å². The summed E-state index contributed by atoms with van der Waals surface area (Å²) in [6, 6.07) is 23.3. The van der Waals surface area contributed by atoms with E-state index in [0.29, 0.717) is 12.3 Å². The van der Waals surface area contributed by atoms with E-state index in [1.54, 1.807) is 25.1 Å². The van der Waals surface area contributed by atoms with Crippen LogP contribution in [0, 0.1) is 5.92 Å². The summed E-state index contributed by atoms with van der Waals surface area (Å²) in [6.45, 7) is 5.11. The van der Waals surface area contributed by atoms with E-state index in [1.807, 2.05) is 32.2 Å². The lowest BCUT2D eigenvalue weighted by Crippen LogP contribution is -2.49. The Balaban J connectivity index is 1.54. The third-order valence-corrected chi connectivity index (χ3v) is 9.15. The van der Waals surface area contributed by atoms with Crippen LogP contribution in [0.15, 0.2) is 82.2 Å². The Kier molecular flexibility index (Phi) is 8.52. The van der Waals surface area contributed by atoms with Crippen molar-refractivity contribution in [2.75, 3.05) is 26.7 Å². The van der Waals surface area contributed by atoms with Crippen molar-refractivity contribution < 1.29 is 18.3 Å². The number of sulfonamides is 1. The number of halogens is 1.